The molecule has 1 N–H and O–H groups in total. The number of hydrogen-bond donors (Lipinski definition) is 1. The number of piperidine rings is 1. The molecule has 1 aliphatic rings. The molecular formula is C22H24FN3O. The summed E-state index contributed by atoms with van der Waals surface area (Å²) in [6.45, 7) is 2.19. The van der Waals surface area contributed by atoms with Gasteiger partial charge in [-0.15, -0.1) is 0 Å². The van der Waals surface area contributed by atoms with E-state index in [-0.39, 0.29) is 11.6 Å². The molecule has 27 heavy (non-hydrogen) atoms. The van der Waals surface area contributed by atoms with Gasteiger partial charge in [-0.25, -0.2) is 4.39 Å². The second-order valence-corrected chi connectivity index (χ2v) is 7.19. The monoisotopic (exact) mass is 365 g/mol. The van der Waals surface area contributed by atoms with Crippen molar-refractivity contribution in [2.75, 3.05) is 32.6 Å². The number of ether oxygens (including phenoxy) is 1. The molecule has 0 saturated carbocycles. The maximum Gasteiger partial charge on any atom is 0.165 e. The molecule has 0 spiro atoms. The van der Waals surface area contributed by atoms with Gasteiger partial charge in [0.25, 0.3) is 0 Å². The molecule has 0 radical (unpaired) electrons. The van der Waals surface area contributed by atoms with Crippen molar-refractivity contribution in [3.05, 3.63) is 54.6 Å². The molecule has 4 nitrogen and oxygen atoms in total. The van der Waals surface area contributed by atoms with Gasteiger partial charge in [0.2, 0.25) is 0 Å². The number of aromatic nitrogens is 1. The predicted octanol–water partition coefficient (Wildman–Crippen LogP) is 4.56. The molecule has 3 aromatic rings. The number of anilines is 1. The highest BCUT2D eigenvalue weighted by Gasteiger charge is 2.18. The summed E-state index contributed by atoms with van der Waals surface area (Å²) in [6.07, 6.45) is 5.91. The van der Waals surface area contributed by atoms with E-state index in [1.807, 2.05) is 18.3 Å². The molecule has 0 aliphatic carbocycles. The lowest BCUT2D eigenvalue weighted by atomic mass is 9.99. The van der Waals surface area contributed by atoms with Crippen molar-refractivity contribution in [1.29, 1.82) is 0 Å². The van der Waals surface area contributed by atoms with E-state index in [2.05, 4.69) is 34.4 Å². The third-order valence-corrected chi connectivity index (χ3v) is 5.32. The minimum absolute atomic E-state index is 0.258. The number of rotatable bonds is 4. The van der Waals surface area contributed by atoms with E-state index in [0.29, 0.717) is 6.04 Å². The van der Waals surface area contributed by atoms with Gasteiger partial charge in [0.15, 0.2) is 11.6 Å². The summed E-state index contributed by atoms with van der Waals surface area (Å²) in [4.78, 5) is 6.65. The molecule has 1 aromatic heterocycles. The third-order valence-electron chi connectivity index (χ3n) is 5.32. The highest BCUT2D eigenvalue weighted by Crippen LogP contribution is 2.33. The van der Waals surface area contributed by atoms with Crippen LogP contribution < -0.4 is 10.1 Å². The van der Waals surface area contributed by atoms with Gasteiger partial charge in [-0.1, -0.05) is 6.07 Å². The molecule has 1 saturated heterocycles. The summed E-state index contributed by atoms with van der Waals surface area (Å²) in [6, 6.07) is 11.7. The lowest BCUT2D eigenvalue weighted by molar-refractivity contribution is 0.264. The summed E-state index contributed by atoms with van der Waals surface area (Å²) in [5.74, 6) is -0.0944. The topological polar surface area (TPSA) is 37.4 Å². The number of pyridine rings is 1. The van der Waals surface area contributed by atoms with E-state index in [1.54, 1.807) is 12.3 Å². The average Bonchev–Trinajstić information content (AvgIpc) is 2.69. The van der Waals surface area contributed by atoms with Crippen LogP contribution in [-0.4, -0.2) is 43.2 Å². The molecule has 0 amide bonds. The Morgan fingerprint density at radius 2 is 1.93 bits per heavy atom. The Hall–Kier alpha value is -2.66. The summed E-state index contributed by atoms with van der Waals surface area (Å²) in [7, 11) is 3.64. The molecule has 1 fully saturated rings. The first-order valence-electron chi connectivity index (χ1n) is 9.31. The van der Waals surface area contributed by atoms with Gasteiger partial charge in [-0.3, -0.25) is 4.98 Å². The zero-order valence-corrected chi connectivity index (χ0v) is 15.7. The van der Waals surface area contributed by atoms with Crippen molar-refractivity contribution in [1.82, 2.24) is 9.88 Å². The fourth-order valence-corrected chi connectivity index (χ4v) is 3.70. The van der Waals surface area contributed by atoms with Gasteiger partial charge in [-0.05, 0) is 79.8 Å². The van der Waals surface area contributed by atoms with E-state index in [1.165, 1.54) is 13.2 Å². The first-order valence-corrected chi connectivity index (χ1v) is 9.31. The minimum atomic E-state index is -0.352. The van der Waals surface area contributed by atoms with Crippen molar-refractivity contribution in [2.45, 2.75) is 18.9 Å². The van der Waals surface area contributed by atoms with Crippen LogP contribution in [0.3, 0.4) is 0 Å². The normalized spacial score (nSPS) is 15.8. The summed E-state index contributed by atoms with van der Waals surface area (Å²) in [5, 5.41) is 5.89. The molecule has 5 heteroatoms. The van der Waals surface area contributed by atoms with Crippen LogP contribution in [0.15, 0.2) is 48.8 Å². The van der Waals surface area contributed by atoms with E-state index >= 15 is 0 Å². The molecule has 0 bridgehead atoms. The summed E-state index contributed by atoms with van der Waals surface area (Å²) < 4.78 is 19.2. The fourth-order valence-electron chi connectivity index (χ4n) is 3.70. The Balaban J connectivity index is 1.73. The second kappa shape index (κ2) is 7.53. The Bertz CT molecular complexity index is 951. The van der Waals surface area contributed by atoms with Gasteiger partial charge in [0.05, 0.1) is 7.11 Å². The highest BCUT2D eigenvalue weighted by atomic mass is 19.1. The van der Waals surface area contributed by atoms with E-state index in [4.69, 9.17) is 4.74 Å². The number of likely N-dealkylation sites (tertiary alicyclic amines) is 1. The SMILES string of the molecule is COc1ccc(-c2cc(NC3CCN(C)CC3)c3cnccc3c2)cc1F. The fraction of sp³-hybridized carbons (Fsp3) is 0.318. The summed E-state index contributed by atoms with van der Waals surface area (Å²) in [5.41, 5.74) is 2.87. The van der Waals surface area contributed by atoms with Crippen LogP contribution in [0.2, 0.25) is 0 Å². The van der Waals surface area contributed by atoms with Crippen LogP contribution in [0.4, 0.5) is 10.1 Å². The first-order chi connectivity index (χ1) is 13.1. The summed E-state index contributed by atoms with van der Waals surface area (Å²) >= 11 is 0. The Kier molecular flexibility index (Phi) is 4.94. The molecule has 4 rings (SSSR count). The Morgan fingerprint density at radius 1 is 1.11 bits per heavy atom. The average molecular weight is 365 g/mol. The second-order valence-electron chi connectivity index (χ2n) is 7.19. The minimum Gasteiger partial charge on any atom is -0.494 e. The van der Waals surface area contributed by atoms with Crippen molar-refractivity contribution in [2.24, 2.45) is 0 Å². The van der Waals surface area contributed by atoms with Gasteiger partial charge in [-0.2, -0.15) is 0 Å². The number of halogens is 1. The highest BCUT2D eigenvalue weighted by molar-refractivity contribution is 5.97. The van der Waals surface area contributed by atoms with Crippen LogP contribution in [-0.2, 0) is 0 Å². The van der Waals surface area contributed by atoms with Gasteiger partial charge in [0, 0.05) is 29.5 Å². The quantitative estimate of drug-likeness (QED) is 0.736. The smallest absolute Gasteiger partial charge is 0.165 e. The van der Waals surface area contributed by atoms with Crippen molar-refractivity contribution in [3.63, 3.8) is 0 Å². The standard InChI is InChI=1S/C22H24FN3O/c1-26-9-6-18(7-10-26)25-21-13-17(11-16-5-8-24-14-19(16)21)15-3-4-22(27-2)20(23)12-15/h3-5,8,11-14,18,25H,6-7,9-10H2,1-2H3. The van der Waals surface area contributed by atoms with E-state index in [9.17, 15) is 4.39 Å². The lowest BCUT2D eigenvalue weighted by Gasteiger charge is -2.30. The first kappa shape index (κ1) is 17.7. The van der Waals surface area contributed by atoms with Gasteiger partial charge >= 0.3 is 0 Å². The molecule has 0 unspecified atom stereocenters. The van der Waals surface area contributed by atoms with Crippen molar-refractivity contribution in [3.8, 4) is 16.9 Å². The van der Waals surface area contributed by atoms with Crippen LogP contribution in [0.1, 0.15) is 12.8 Å². The van der Waals surface area contributed by atoms with Gasteiger partial charge in [0.1, 0.15) is 0 Å². The van der Waals surface area contributed by atoms with Gasteiger partial charge < -0.3 is 15.0 Å². The largest absolute Gasteiger partial charge is 0.494 e. The maximum absolute atomic E-state index is 14.2. The Labute approximate surface area is 159 Å². The maximum atomic E-state index is 14.2. The van der Waals surface area contributed by atoms with Crippen molar-refractivity contribution < 1.29 is 9.13 Å². The van der Waals surface area contributed by atoms with Crippen LogP contribution >= 0.6 is 0 Å². The Morgan fingerprint density at radius 3 is 2.67 bits per heavy atom. The number of benzene rings is 2. The van der Waals surface area contributed by atoms with Crippen LogP contribution in [0.25, 0.3) is 21.9 Å². The molecule has 2 aromatic carbocycles. The lowest BCUT2D eigenvalue weighted by Crippen LogP contribution is -2.36. The number of hydrogen-bond acceptors (Lipinski definition) is 4. The number of nitrogens with zero attached hydrogens (tertiary/aromatic N) is 2. The zero-order chi connectivity index (χ0) is 18.8. The number of fused-ring (bicyclic) bond motifs is 1. The molecule has 2 heterocycles. The molecule has 0 atom stereocenters. The predicted molar refractivity (Wildman–Crippen MR) is 108 cm³/mol. The molecule has 1 aliphatic heterocycles. The van der Waals surface area contributed by atoms with Crippen LogP contribution in [0.5, 0.6) is 5.75 Å². The van der Waals surface area contributed by atoms with Crippen LogP contribution in [0, 0.1) is 5.82 Å². The molecule has 140 valence electrons. The van der Waals surface area contributed by atoms with E-state index in [0.717, 1.165) is 53.5 Å². The number of methoxy groups -OCH3 is 1. The zero-order valence-electron chi connectivity index (χ0n) is 15.7. The van der Waals surface area contributed by atoms with Crippen molar-refractivity contribution >= 4 is 16.5 Å². The third kappa shape index (κ3) is 3.74. The van der Waals surface area contributed by atoms with E-state index < -0.39 is 0 Å². The number of nitrogens with one attached hydrogen (secondary N) is 1. The molecular weight excluding hydrogens is 341 g/mol.